The second-order valence-corrected chi connectivity index (χ2v) is 14.3. The van der Waals surface area contributed by atoms with Gasteiger partial charge in [0, 0.05) is 38.5 Å². The molecule has 0 fully saturated rings. The van der Waals surface area contributed by atoms with Gasteiger partial charge in [0.15, 0.2) is 5.58 Å². The number of nitrogens with zero attached hydrogens (tertiary/aromatic N) is 2. The lowest BCUT2D eigenvalue weighted by Crippen LogP contribution is -2.10. The van der Waals surface area contributed by atoms with Crippen LogP contribution >= 0.6 is 0 Å². The van der Waals surface area contributed by atoms with Crippen LogP contribution in [0.1, 0.15) is 0 Å². The van der Waals surface area contributed by atoms with Crippen molar-refractivity contribution in [2.24, 2.45) is 0 Å². The van der Waals surface area contributed by atoms with Gasteiger partial charge < -0.3 is 13.7 Å². The summed E-state index contributed by atoms with van der Waals surface area (Å²) in [4.78, 5) is 7.10. The number of hydrogen-bond donors (Lipinski definition) is 0. The highest BCUT2D eigenvalue weighted by Gasteiger charge is 2.22. The van der Waals surface area contributed by atoms with Gasteiger partial charge in [0.1, 0.15) is 16.7 Å². The summed E-state index contributed by atoms with van der Waals surface area (Å²) in [5.74, 6) is 0.611. The summed E-state index contributed by atoms with van der Waals surface area (Å²) in [7, 11) is 0. The Morgan fingerprint density at radius 3 is 1.54 bits per heavy atom. The summed E-state index contributed by atoms with van der Waals surface area (Å²) in [6.45, 7) is 0. The van der Waals surface area contributed by atoms with Crippen molar-refractivity contribution in [1.82, 2.24) is 4.98 Å². The summed E-state index contributed by atoms with van der Waals surface area (Å²) in [5, 5.41) is 4.30. The minimum absolute atomic E-state index is 0.611. The Kier molecular flexibility index (Phi) is 7.78. The van der Waals surface area contributed by atoms with Crippen LogP contribution in [0.15, 0.2) is 215 Å². The molecule has 0 aliphatic carbocycles. The van der Waals surface area contributed by atoms with E-state index in [1.54, 1.807) is 0 Å². The maximum absolute atomic E-state index is 6.79. The van der Waals surface area contributed by atoms with Gasteiger partial charge >= 0.3 is 0 Å². The van der Waals surface area contributed by atoms with Gasteiger partial charge in [0.2, 0.25) is 5.89 Å². The van der Waals surface area contributed by atoms with Crippen molar-refractivity contribution in [1.29, 1.82) is 0 Å². The van der Waals surface area contributed by atoms with Crippen molar-refractivity contribution in [2.75, 3.05) is 4.90 Å². The zero-order chi connectivity index (χ0) is 37.7. The molecule has 0 N–H and O–H groups in total. The van der Waals surface area contributed by atoms with E-state index in [2.05, 4.69) is 187 Å². The van der Waals surface area contributed by atoms with E-state index in [1.807, 2.05) is 24.3 Å². The van der Waals surface area contributed by atoms with Crippen molar-refractivity contribution in [3.05, 3.63) is 206 Å². The molecule has 2 aromatic heterocycles. The molecule has 0 amide bonds. The summed E-state index contributed by atoms with van der Waals surface area (Å²) in [6.07, 6.45) is 0. The van der Waals surface area contributed by atoms with Gasteiger partial charge in [-0.2, -0.15) is 0 Å². The van der Waals surface area contributed by atoms with Crippen molar-refractivity contribution in [3.63, 3.8) is 0 Å². The van der Waals surface area contributed by atoms with E-state index >= 15 is 0 Å². The Balaban J connectivity index is 1.09. The topological polar surface area (TPSA) is 42.4 Å². The molecule has 0 aliphatic heterocycles. The third-order valence-electron chi connectivity index (χ3n) is 10.9. The first-order valence-corrected chi connectivity index (χ1v) is 19.2. The quantitative estimate of drug-likeness (QED) is 0.164. The molecule has 0 saturated heterocycles. The summed E-state index contributed by atoms with van der Waals surface area (Å²) < 4.78 is 12.9. The highest BCUT2D eigenvalue weighted by Crippen LogP contribution is 2.47. The number of rotatable bonds is 7. The fourth-order valence-electron chi connectivity index (χ4n) is 8.14. The zero-order valence-corrected chi connectivity index (χ0v) is 30.8. The third-order valence-corrected chi connectivity index (χ3v) is 10.9. The second-order valence-electron chi connectivity index (χ2n) is 14.3. The molecule has 0 atom stereocenters. The molecule has 2 heterocycles. The number of para-hydroxylation sites is 2. The van der Waals surface area contributed by atoms with Gasteiger partial charge in [-0.3, -0.25) is 0 Å². The number of hydrogen-bond acceptors (Lipinski definition) is 4. The molecule has 0 aliphatic rings. The maximum Gasteiger partial charge on any atom is 0.227 e. The molecule has 9 aromatic carbocycles. The molecule has 57 heavy (non-hydrogen) atoms. The Hall–Kier alpha value is -7.69. The Morgan fingerprint density at radius 2 is 0.895 bits per heavy atom. The SMILES string of the molecule is c1ccc(-c2ccc(N(c3ccc(-c4ccccc4)cc3)c3cc4c(oc5cccc(-c6ccc(-c7nc8ccccc8o7)cc6)c54)c4ccccc34)cc2)cc1. The maximum atomic E-state index is 6.79. The normalized spacial score (nSPS) is 11.5. The van der Waals surface area contributed by atoms with Crippen LogP contribution in [-0.2, 0) is 0 Å². The molecule has 0 unspecified atom stereocenters. The van der Waals surface area contributed by atoms with Crippen LogP contribution in [0, 0.1) is 0 Å². The van der Waals surface area contributed by atoms with Crippen LogP contribution in [0.25, 0.3) is 88.6 Å². The van der Waals surface area contributed by atoms with Gasteiger partial charge in [-0.25, -0.2) is 4.98 Å². The van der Waals surface area contributed by atoms with Crippen molar-refractivity contribution in [3.8, 4) is 44.8 Å². The molecular formula is C53H34N2O2. The fourth-order valence-corrected chi connectivity index (χ4v) is 8.14. The lowest BCUT2D eigenvalue weighted by Gasteiger charge is -2.27. The van der Waals surface area contributed by atoms with Crippen LogP contribution in [0.3, 0.4) is 0 Å². The number of fused-ring (bicyclic) bond motifs is 6. The number of aromatic nitrogens is 1. The van der Waals surface area contributed by atoms with Gasteiger partial charge in [-0.1, -0.05) is 146 Å². The summed E-state index contributed by atoms with van der Waals surface area (Å²) in [5.41, 5.74) is 14.4. The minimum atomic E-state index is 0.611. The van der Waals surface area contributed by atoms with Gasteiger partial charge in [-0.15, -0.1) is 0 Å². The molecule has 268 valence electrons. The monoisotopic (exact) mass is 730 g/mol. The summed E-state index contributed by atoms with van der Waals surface area (Å²) in [6, 6.07) is 72.4. The first kappa shape index (κ1) is 32.7. The molecule has 11 aromatic rings. The molecule has 0 spiro atoms. The highest BCUT2D eigenvalue weighted by molar-refractivity contribution is 6.22. The Morgan fingerprint density at radius 1 is 0.368 bits per heavy atom. The first-order valence-electron chi connectivity index (χ1n) is 19.2. The van der Waals surface area contributed by atoms with E-state index in [-0.39, 0.29) is 0 Å². The average Bonchev–Trinajstić information content (AvgIpc) is 3.90. The highest BCUT2D eigenvalue weighted by atomic mass is 16.3. The standard InChI is InChI=1S/C53H34N2O2/c1-3-12-35(13-4-1)37-26-30-41(31-27-37)55(42-32-28-38(29-33-42)36-14-5-2-6-15-36)48-34-46-51-43(18-11-21-50(51)56-52(46)45-17-8-7-16-44(45)48)39-22-24-40(25-23-39)53-54-47-19-9-10-20-49(47)57-53/h1-34H. The largest absolute Gasteiger partial charge is 0.455 e. The lowest BCUT2D eigenvalue weighted by atomic mass is 9.96. The molecule has 4 nitrogen and oxygen atoms in total. The summed E-state index contributed by atoms with van der Waals surface area (Å²) >= 11 is 0. The van der Waals surface area contributed by atoms with Crippen LogP contribution in [0.5, 0.6) is 0 Å². The van der Waals surface area contributed by atoms with Crippen LogP contribution in [-0.4, -0.2) is 4.98 Å². The molecular weight excluding hydrogens is 697 g/mol. The van der Waals surface area contributed by atoms with Crippen LogP contribution in [0.4, 0.5) is 17.1 Å². The minimum Gasteiger partial charge on any atom is -0.455 e. The van der Waals surface area contributed by atoms with E-state index in [0.29, 0.717) is 5.89 Å². The average molecular weight is 731 g/mol. The van der Waals surface area contributed by atoms with E-state index in [1.165, 1.54) is 22.3 Å². The van der Waals surface area contributed by atoms with E-state index in [0.717, 1.165) is 77.6 Å². The van der Waals surface area contributed by atoms with E-state index in [4.69, 9.17) is 13.8 Å². The number of benzene rings is 9. The van der Waals surface area contributed by atoms with Gasteiger partial charge in [0.05, 0.1) is 5.69 Å². The molecule has 4 heteroatoms. The smallest absolute Gasteiger partial charge is 0.227 e. The van der Waals surface area contributed by atoms with Crippen molar-refractivity contribution >= 4 is 60.9 Å². The molecule has 0 bridgehead atoms. The van der Waals surface area contributed by atoms with Crippen molar-refractivity contribution in [2.45, 2.75) is 0 Å². The molecule has 0 saturated carbocycles. The Labute approximate surface area is 329 Å². The van der Waals surface area contributed by atoms with E-state index in [9.17, 15) is 0 Å². The first-order chi connectivity index (χ1) is 28.2. The predicted octanol–water partition coefficient (Wildman–Crippen LogP) is 15.0. The fraction of sp³-hybridized carbons (Fsp3) is 0. The molecule has 11 rings (SSSR count). The predicted molar refractivity (Wildman–Crippen MR) is 235 cm³/mol. The number of oxazole rings is 1. The van der Waals surface area contributed by atoms with Gasteiger partial charge in [0.25, 0.3) is 0 Å². The Bertz CT molecular complexity index is 3080. The molecule has 0 radical (unpaired) electrons. The van der Waals surface area contributed by atoms with Gasteiger partial charge in [-0.05, 0) is 94.0 Å². The zero-order valence-electron chi connectivity index (χ0n) is 30.8. The second kappa shape index (κ2) is 13.6. The van der Waals surface area contributed by atoms with Crippen molar-refractivity contribution < 1.29 is 8.83 Å². The number of furan rings is 1. The lowest BCUT2D eigenvalue weighted by molar-refractivity contribution is 0.620. The third kappa shape index (κ3) is 5.74. The number of anilines is 3. The van der Waals surface area contributed by atoms with E-state index < -0.39 is 0 Å². The van der Waals surface area contributed by atoms with Crippen LogP contribution < -0.4 is 4.90 Å². The van der Waals surface area contributed by atoms with Crippen LogP contribution in [0.2, 0.25) is 0 Å².